The monoisotopic (exact) mass is 230 g/mol. The first-order valence-corrected chi connectivity index (χ1v) is 5.56. The maximum absolute atomic E-state index is 13.5. The number of benzene rings is 1. The molecule has 1 N–H and O–H groups in total. The summed E-state index contributed by atoms with van der Waals surface area (Å²) in [6, 6.07) is 4.71. The molecule has 2 atom stereocenters. The number of rotatable bonds is 4. The van der Waals surface area contributed by atoms with Gasteiger partial charge in [-0.05, 0) is 18.4 Å². The van der Waals surface area contributed by atoms with Gasteiger partial charge in [-0.15, -0.1) is 0 Å². The second-order valence-corrected chi connectivity index (χ2v) is 4.32. The van der Waals surface area contributed by atoms with E-state index in [9.17, 15) is 9.50 Å². The zero-order chi connectivity index (χ0) is 11.4. The summed E-state index contributed by atoms with van der Waals surface area (Å²) < 4.78 is 13.5. The molecule has 3 heteroatoms. The molecule has 1 rings (SSSR count). The molecule has 0 spiro atoms. The fraction of sp³-hybridized carbons (Fsp3) is 0.500. The first kappa shape index (κ1) is 12.5. The van der Waals surface area contributed by atoms with Crippen molar-refractivity contribution in [3.8, 4) is 0 Å². The molecule has 0 amide bonds. The summed E-state index contributed by atoms with van der Waals surface area (Å²) in [5.74, 6) is -0.131. The first-order chi connectivity index (χ1) is 7.06. The molecule has 1 nitrogen and oxygen atoms in total. The van der Waals surface area contributed by atoms with Crippen molar-refractivity contribution >= 4 is 11.6 Å². The fourth-order valence-corrected chi connectivity index (χ4v) is 1.63. The van der Waals surface area contributed by atoms with Gasteiger partial charge >= 0.3 is 0 Å². The van der Waals surface area contributed by atoms with Crippen molar-refractivity contribution < 1.29 is 9.50 Å². The Hall–Kier alpha value is -0.600. The van der Waals surface area contributed by atoms with Crippen LogP contribution in [0.5, 0.6) is 0 Å². The highest BCUT2D eigenvalue weighted by molar-refractivity contribution is 6.30. The maximum atomic E-state index is 13.5. The van der Waals surface area contributed by atoms with E-state index < -0.39 is 11.9 Å². The Morgan fingerprint density at radius 3 is 2.73 bits per heavy atom. The summed E-state index contributed by atoms with van der Waals surface area (Å²) in [4.78, 5) is 0. The fourth-order valence-electron chi connectivity index (χ4n) is 1.45. The molecule has 15 heavy (non-hydrogen) atoms. The van der Waals surface area contributed by atoms with Crippen LogP contribution < -0.4 is 0 Å². The summed E-state index contributed by atoms with van der Waals surface area (Å²) in [7, 11) is 0. The molecule has 0 fully saturated rings. The average molecular weight is 231 g/mol. The molecular formula is C12H16ClFO. The van der Waals surface area contributed by atoms with Crippen LogP contribution in [-0.2, 0) is 0 Å². The molecule has 1 aromatic carbocycles. The van der Waals surface area contributed by atoms with Crippen LogP contribution in [0.2, 0.25) is 5.02 Å². The van der Waals surface area contributed by atoms with Gasteiger partial charge in [-0.2, -0.15) is 0 Å². The van der Waals surface area contributed by atoms with Gasteiger partial charge in [0.1, 0.15) is 5.82 Å². The number of aliphatic hydroxyl groups is 1. The van der Waals surface area contributed by atoms with E-state index in [4.69, 9.17) is 11.6 Å². The van der Waals surface area contributed by atoms with E-state index in [1.807, 2.05) is 13.8 Å². The summed E-state index contributed by atoms with van der Waals surface area (Å²) >= 11 is 5.64. The van der Waals surface area contributed by atoms with Crippen LogP contribution in [0, 0.1) is 11.7 Å². The zero-order valence-corrected chi connectivity index (χ0v) is 9.76. The second-order valence-electron chi connectivity index (χ2n) is 3.91. The summed E-state index contributed by atoms with van der Waals surface area (Å²) in [5, 5.41) is 9.89. The highest BCUT2D eigenvalue weighted by Crippen LogP contribution is 2.28. The maximum Gasteiger partial charge on any atom is 0.147 e. The lowest BCUT2D eigenvalue weighted by Crippen LogP contribution is -2.06. The van der Waals surface area contributed by atoms with Crippen LogP contribution in [0.3, 0.4) is 0 Å². The first-order valence-electron chi connectivity index (χ1n) is 5.18. The van der Waals surface area contributed by atoms with Crippen molar-refractivity contribution in [1.82, 2.24) is 0 Å². The van der Waals surface area contributed by atoms with Crippen LogP contribution >= 0.6 is 11.6 Å². The van der Waals surface area contributed by atoms with Gasteiger partial charge in [0.25, 0.3) is 0 Å². The Morgan fingerprint density at radius 2 is 2.13 bits per heavy atom. The van der Waals surface area contributed by atoms with Gasteiger partial charge in [-0.1, -0.05) is 44.0 Å². The minimum Gasteiger partial charge on any atom is -0.388 e. The van der Waals surface area contributed by atoms with Gasteiger partial charge in [0.15, 0.2) is 0 Å². The van der Waals surface area contributed by atoms with Crippen molar-refractivity contribution in [2.24, 2.45) is 5.92 Å². The topological polar surface area (TPSA) is 20.2 Å². The Labute approximate surface area is 94.9 Å². The third-order valence-electron chi connectivity index (χ3n) is 2.66. The molecule has 1 aromatic rings. The summed E-state index contributed by atoms with van der Waals surface area (Å²) in [6.45, 7) is 4.08. The quantitative estimate of drug-likeness (QED) is 0.831. The largest absolute Gasteiger partial charge is 0.388 e. The third kappa shape index (κ3) is 3.18. The summed E-state index contributed by atoms with van der Waals surface area (Å²) in [6.07, 6.45) is 0.770. The Bertz CT molecular complexity index is 327. The predicted molar refractivity (Wildman–Crippen MR) is 60.4 cm³/mol. The second kappa shape index (κ2) is 5.47. The van der Waals surface area contributed by atoms with Crippen molar-refractivity contribution in [2.75, 3.05) is 0 Å². The van der Waals surface area contributed by atoms with Gasteiger partial charge in [-0.3, -0.25) is 0 Å². The van der Waals surface area contributed by atoms with Gasteiger partial charge in [0.2, 0.25) is 0 Å². The lowest BCUT2D eigenvalue weighted by Gasteiger charge is -2.16. The zero-order valence-electron chi connectivity index (χ0n) is 9.00. The van der Waals surface area contributed by atoms with E-state index in [-0.39, 0.29) is 5.02 Å². The van der Waals surface area contributed by atoms with Gasteiger partial charge in [-0.25, -0.2) is 4.39 Å². The van der Waals surface area contributed by atoms with E-state index in [0.29, 0.717) is 17.9 Å². The molecule has 0 radical (unpaired) electrons. The number of halogens is 2. The molecule has 0 aliphatic heterocycles. The minimum atomic E-state index is -0.765. The van der Waals surface area contributed by atoms with Gasteiger partial charge < -0.3 is 5.11 Å². The van der Waals surface area contributed by atoms with E-state index in [1.54, 1.807) is 12.1 Å². The molecule has 0 saturated carbocycles. The van der Waals surface area contributed by atoms with E-state index in [0.717, 1.165) is 6.42 Å². The van der Waals surface area contributed by atoms with Gasteiger partial charge in [0.05, 0.1) is 11.1 Å². The Kier molecular flexibility index (Phi) is 4.55. The molecule has 2 unspecified atom stereocenters. The molecule has 0 heterocycles. The van der Waals surface area contributed by atoms with Crippen molar-refractivity contribution in [2.45, 2.75) is 32.8 Å². The number of hydrogen-bond acceptors (Lipinski definition) is 1. The molecule has 0 aliphatic carbocycles. The molecule has 0 aliphatic rings. The molecule has 84 valence electrons. The molecule has 0 aromatic heterocycles. The Morgan fingerprint density at radius 1 is 1.47 bits per heavy atom. The van der Waals surface area contributed by atoms with E-state index in [2.05, 4.69) is 0 Å². The van der Waals surface area contributed by atoms with Crippen LogP contribution in [0.25, 0.3) is 0 Å². The smallest absolute Gasteiger partial charge is 0.147 e. The molecular weight excluding hydrogens is 215 g/mol. The highest BCUT2D eigenvalue weighted by Gasteiger charge is 2.16. The van der Waals surface area contributed by atoms with Crippen LogP contribution in [0.4, 0.5) is 4.39 Å². The van der Waals surface area contributed by atoms with Crippen LogP contribution in [-0.4, -0.2) is 5.11 Å². The molecule has 0 saturated heterocycles. The van der Waals surface area contributed by atoms with Crippen molar-refractivity contribution in [3.05, 3.63) is 34.6 Å². The van der Waals surface area contributed by atoms with Crippen LogP contribution in [0.1, 0.15) is 38.4 Å². The number of aliphatic hydroxyl groups excluding tert-OH is 1. The van der Waals surface area contributed by atoms with Crippen molar-refractivity contribution in [3.63, 3.8) is 0 Å². The SMILES string of the molecule is CCC(C)CC(O)c1cccc(Cl)c1F. The van der Waals surface area contributed by atoms with Gasteiger partial charge in [0, 0.05) is 5.56 Å². The lowest BCUT2D eigenvalue weighted by molar-refractivity contribution is 0.142. The standard InChI is InChI=1S/C12H16ClFO/c1-3-8(2)7-11(15)9-5-4-6-10(13)12(9)14/h4-6,8,11,15H,3,7H2,1-2H3. The van der Waals surface area contributed by atoms with E-state index >= 15 is 0 Å². The minimum absolute atomic E-state index is 0.0655. The normalized spacial score (nSPS) is 15.0. The summed E-state index contributed by atoms with van der Waals surface area (Å²) in [5.41, 5.74) is 0.294. The Balaban J connectivity index is 2.82. The molecule has 0 bridgehead atoms. The van der Waals surface area contributed by atoms with E-state index in [1.165, 1.54) is 6.07 Å². The van der Waals surface area contributed by atoms with Crippen molar-refractivity contribution in [1.29, 1.82) is 0 Å². The number of hydrogen-bond donors (Lipinski definition) is 1. The van der Waals surface area contributed by atoms with Crippen LogP contribution in [0.15, 0.2) is 18.2 Å². The lowest BCUT2D eigenvalue weighted by atomic mass is 9.96. The predicted octanol–water partition coefficient (Wildman–Crippen LogP) is 3.95. The highest BCUT2D eigenvalue weighted by atomic mass is 35.5. The average Bonchev–Trinajstić information content (AvgIpc) is 2.21. The third-order valence-corrected chi connectivity index (χ3v) is 2.95.